The highest BCUT2D eigenvalue weighted by molar-refractivity contribution is 5.88. The summed E-state index contributed by atoms with van der Waals surface area (Å²) in [5.41, 5.74) is 3.56. The summed E-state index contributed by atoms with van der Waals surface area (Å²) in [4.78, 5) is 17.2. The summed E-state index contributed by atoms with van der Waals surface area (Å²) in [7, 11) is 0. The standard InChI is InChI=1S/C15H14N2O3/c1-9-14(18)13-8-17(7-11(13)6-16-9)12-4-2-3-10(5-12)15(19)20/h2-6,18H,7-8H2,1H3,(H,19,20). The second-order valence-corrected chi connectivity index (χ2v) is 4.91. The molecule has 102 valence electrons. The Morgan fingerprint density at radius 2 is 2.15 bits per heavy atom. The second-order valence-electron chi connectivity index (χ2n) is 4.91. The molecule has 0 saturated carbocycles. The van der Waals surface area contributed by atoms with Crippen LogP contribution in [0, 0.1) is 6.92 Å². The van der Waals surface area contributed by atoms with Crippen LogP contribution in [0.15, 0.2) is 30.5 Å². The highest BCUT2D eigenvalue weighted by Gasteiger charge is 2.24. The van der Waals surface area contributed by atoms with Crippen LogP contribution >= 0.6 is 0 Å². The van der Waals surface area contributed by atoms with E-state index in [0.717, 1.165) is 16.8 Å². The number of hydrogen-bond acceptors (Lipinski definition) is 4. The van der Waals surface area contributed by atoms with Gasteiger partial charge in [0.1, 0.15) is 5.75 Å². The topological polar surface area (TPSA) is 73.7 Å². The maximum absolute atomic E-state index is 11.0. The number of aromatic nitrogens is 1. The first kappa shape index (κ1) is 12.5. The fourth-order valence-electron chi connectivity index (χ4n) is 2.47. The summed E-state index contributed by atoms with van der Waals surface area (Å²) in [6, 6.07) is 6.81. The molecule has 0 aliphatic carbocycles. The lowest BCUT2D eigenvalue weighted by molar-refractivity contribution is 0.0697. The molecule has 0 unspecified atom stereocenters. The Hall–Kier alpha value is -2.56. The molecule has 3 rings (SSSR count). The number of fused-ring (bicyclic) bond motifs is 1. The molecule has 1 aliphatic rings. The minimum Gasteiger partial charge on any atom is -0.506 e. The van der Waals surface area contributed by atoms with E-state index in [9.17, 15) is 9.90 Å². The van der Waals surface area contributed by atoms with Crippen LogP contribution in [0.25, 0.3) is 0 Å². The Labute approximate surface area is 116 Å². The normalized spacial score (nSPS) is 13.3. The van der Waals surface area contributed by atoms with E-state index in [2.05, 4.69) is 4.98 Å². The number of carboxylic acid groups (broad SMARTS) is 1. The van der Waals surface area contributed by atoms with Crippen LogP contribution in [-0.2, 0) is 13.1 Å². The first-order valence-electron chi connectivity index (χ1n) is 6.31. The molecule has 0 atom stereocenters. The zero-order chi connectivity index (χ0) is 14.3. The lowest BCUT2D eigenvalue weighted by Gasteiger charge is -2.18. The summed E-state index contributed by atoms with van der Waals surface area (Å²) in [5.74, 6) is -0.705. The minimum absolute atomic E-state index is 0.236. The predicted molar refractivity (Wildman–Crippen MR) is 73.9 cm³/mol. The molecule has 0 spiro atoms. The van der Waals surface area contributed by atoms with Gasteiger partial charge < -0.3 is 15.1 Å². The van der Waals surface area contributed by atoms with Crippen molar-refractivity contribution in [2.45, 2.75) is 20.0 Å². The molecule has 0 saturated heterocycles. The van der Waals surface area contributed by atoms with Crippen molar-refractivity contribution in [2.24, 2.45) is 0 Å². The number of aromatic carboxylic acids is 1. The molecule has 2 heterocycles. The van der Waals surface area contributed by atoms with Gasteiger partial charge in [-0.3, -0.25) is 4.98 Å². The quantitative estimate of drug-likeness (QED) is 0.876. The van der Waals surface area contributed by atoms with E-state index in [1.165, 1.54) is 0 Å². The van der Waals surface area contributed by atoms with Crippen molar-refractivity contribution in [1.82, 2.24) is 4.98 Å². The number of pyridine rings is 1. The number of nitrogens with zero attached hydrogens (tertiary/aromatic N) is 2. The van der Waals surface area contributed by atoms with Gasteiger partial charge in [-0.05, 0) is 30.7 Å². The van der Waals surface area contributed by atoms with Gasteiger partial charge in [0.2, 0.25) is 0 Å². The molecule has 1 aliphatic heterocycles. The van der Waals surface area contributed by atoms with E-state index in [-0.39, 0.29) is 11.3 Å². The van der Waals surface area contributed by atoms with Crippen molar-refractivity contribution in [3.63, 3.8) is 0 Å². The predicted octanol–water partition coefficient (Wildman–Crippen LogP) is 2.31. The summed E-state index contributed by atoms with van der Waals surface area (Å²) < 4.78 is 0. The van der Waals surface area contributed by atoms with Gasteiger partial charge >= 0.3 is 5.97 Å². The van der Waals surface area contributed by atoms with E-state index >= 15 is 0 Å². The summed E-state index contributed by atoms with van der Waals surface area (Å²) in [5, 5.41) is 19.1. The van der Waals surface area contributed by atoms with Gasteiger partial charge in [0, 0.05) is 30.5 Å². The summed E-state index contributed by atoms with van der Waals surface area (Å²) in [6.07, 6.45) is 1.77. The lowest BCUT2D eigenvalue weighted by Crippen LogP contribution is -2.15. The number of carboxylic acids is 1. The number of anilines is 1. The summed E-state index contributed by atoms with van der Waals surface area (Å²) >= 11 is 0. The van der Waals surface area contributed by atoms with Crippen molar-refractivity contribution in [3.05, 3.63) is 52.8 Å². The zero-order valence-electron chi connectivity index (χ0n) is 11.0. The van der Waals surface area contributed by atoms with Crippen LogP contribution in [0.3, 0.4) is 0 Å². The van der Waals surface area contributed by atoms with Crippen LogP contribution in [0.2, 0.25) is 0 Å². The van der Waals surface area contributed by atoms with Crippen molar-refractivity contribution in [2.75, 3.05) is 4.90 Å². The molecular weight excluding hydrogens is 256 g/mol. The number of aromatic hydroxyl groups is 1. The van der Waals surface area contributed by atoms with Crippen molar-refractivity contribution in [3.8, 4) is 5.75 Å². The van der Waals surface area contributed by atoms with Crippen molar-refractivity contribution >= 4 is 11.7 Å². The molecule has 0 radical (unpaired) electrons. The Bertz CT molecular complexity index is 698. The van der Waals surface area contributed by atoms with Crippen LogP contribution in [0.5, 0.6) is 5.75 Å². The third kappa shape index (κ3) is 1.97. The zero-order valence-corrected chi connectivity index (χ0v) is 11.0. The van der Waals surface area contributed by atoms with Gasteiger partial charge in [0.05, 0.1) is 11.3 Å². The number of aryl methyl sites for hydroxylation is 1. The Balaban J connectivity index is 1.94. The highest BCUT2D eigenvalue weighted by Crippen LogP contribution is 2.34. The van der Waals surface area contributed by atoms with E-state index in [1.54, 1.807) is 31.3 Å². The molecule has 5 heteroatoms. The smallest absolute Gasteiger partial charge is 0.335 e. The van der Waals surface area contributed by atoms with Crippen LogP contribution in [-0.4, -0.2) is 21.2 Å². The van der Waals surface area contributed by atoms with Crippen molar-refractivity contribution in [1.29, 1.82) is 0 Å². The Morgan fingerprint density at radius 1 is 1.35 bits per heavy atom. The van der Waals surface area contributed by atoms with Gasteiger partial charge in [-0.25, -0.2) is 4.79 Å². The SMILES string of the molecule is Cc1ncc2c(c1O)CN(c1cccc(C(=O)O)c1)C2. The van der Waals surface area contributed by atoms with Crippen LogP contribution in [0.1, 0.15) is 27.2 Å². The first-order chi connectivity index (χ1) is 9.56. The number of carbonyl (C=O) groups is 1. The van der Waals surface area contributed by atoms with E-state index in [1.807, 2.05) is 11.0 Å². The van der Waals surface area contributed by atoms with E-state index in [4.69, 9.17) is 5.11 Å². The van der Waals surface area contributed by atoms with Gasteiger partial charge in [0.15, 0.2) is 0 Å². The number of hydrogen-bond donors (Lipinski definition) is 2. The van der Waals surface area contributed by atoms with Crippen molar-refractivity contribution < 1.29 is 15.0 Å². The van der Waals surface area contributed by atoms with Gasteiger partial charge in [0.25, 0.3) is 0 Å². The van der Waals surface area contributed by atoms with Gasteiger partial charge in [-0.1, -0.05) is 6.07 Å². The molecule has 1 aromatic carbocycles. The Kier molecular flexibility index (Phi) is 2.82. The molecule has 20 heavy (non-hydrogen) atoms. The monoisotopic (exact) mass is 270 g/mol. The molecule has 1 aromatic heterocycles. The molecular formula is C15H14N2O3. The minimum atomic E-state index is -0.941. The average Bonchev–Trinajstić information content (AvgIpc) is 2.88. The number of benzene rings is 1. The van der Waals surface area contributed by atoms with E-state index < -0.39 is 5.97 Å². The van der Waals surface area contributed by atoms with Crippen LogP contribution < -0.4 is 4.90 Å². The molecule has 0 fully saturated rings. The second kappa shape index (κ2) is 4.52. The average molecular weight is 270 g/mol. The fraction of sp³-hybridized carbons (Fsp3) is 0.200. The largest absolute Gasteiger partial charge is 0.506 e. The van der Waals surface area contributed by atoms with Crippen LogP contribution in [0.4, 0.5) is 5.69 Å². The molecule has 0 bridgehead atoms. The third-order valence-electron chi connectivity index (χ3n) is 3.60. The fourth-order valence-corrected chi connectivity index (χ4v) is 2.47. The third-order valence-corrected chi connectivity index (χ3v) is 3.60. The maximum Gasteiger partial charge on any atom is 0.335 e. The van der Waals surface area contributed by atoms with Gasteiger partial charge in [-0.2, -0.15) is 0 Å². The van der Waals surface area contributed by atoms with Gasteiger partial charge in [-0.15, -0.1) is 0 Å². The number of rotatable bonds is 2. The molecule has 2 N–H and O–H groups in total. The molecule has 2 aromatic rings. The molecule has 5 nitrogen and oxygen atoms in total. The Morgan fingerprint density at radius 3 is 2.90 bits per heavy atom. The molecule has 0 amide bonds. The van der Waals surface area contributed by atoms with E-state index in [0.29, 0.717) is 18.8 Å². The maximum atomic E-state index is 11.0. The lowest BCUT2D eigenvalue weighted by atomic mass is 10.1. The summed E-state index contributed by atoms with van der Waals surface area (Å²) in [6.45, 7) is 2.95. The highest BCUT2D eigenvalue weighted by atomic mass is 16.4. The first-order valence-corrected chi connectivity index (χ1v) is 6.31.